The number of methoxy groups -OCH3 is 2. The average Bonchev–Trinajstić information content (AvgIpc) is 2.67. The van der Waals surface area contributed by atoms with Crippen molar-refractivity contribution >= 4 is 27.7 Å². The van der Waals surface area contributed by atoms with E-state index in [1.54, 1.807) is 50.4 Å². The maximum atomic E-state index is 12.1. The summed E-state index contributed by atoms with van der Waals surface area (Å²) in [5.74, 6) is 0.755. The lowest BCUT2D eigenvalue weighted by molar-refractivity contribution is -0.111. The van der Waals surface area contributed by atoms with E-state index in [-0.39, 0.29) is 10.8 Å². The van der Waals surface area contributed by atoms with Gasteiger partial charge in [-0.1, -0.05) is 19.1 Å². The normalized spacial score (nSPS) is 11.4. The first-order valence-corrected chi connectivity index (χ1v) is 9.68. The number of rotatable bonds is 8. The van der Waals surface area contributed by atoms with Gasteiger partial charge in [-0.3, -0.25) is 4.79 Å². The van der Waals surface area contributed by atoms with E-state index in [2.05, 4.69) is 10.0 Å². The molecule has 144 valence electrons. The maximum absolute atomic E-state index is 12.1. The number of nitrogens with one attached hydrogen (secondary N) is 2. The number of carbonyl (C=O) groups excluding carboxylic acids is 1. The zero-order valence-corrected chi connectivity index (χ0v) is 16.2. The van der Waals surface area contributed by atoms with E-state index in [4.69, 9.17) is 9.47 Å². The van der Waals surface area contributed by atoms with Gasteiger partial charge in [-0.25, -0.2) is 13.1 Å². The Hall–Kier alpha value is -2.84. The standard InChI is InChI=1S/C19H22N2O5S/c1-4-20-27(23,24)16-9-5-14(6-10-16)7-12-19(22)21-17-11-8-15(25-2)13-18(17)26-3/h5-13,20H,4H2,1-3H3,(H,21,22)/b12-7+. The highest BCUT2D eigenvalue weighted by atomic mass is 32.2. The number of benzene rings is 2. The molecule has 2 aromatic carbocycles. The van der Waals surface area contributed by atoms with Gasteiger partial charge in [-0.15, -0.1) is 0 Å². The molecule has 0 radical (unpaired) electrons. The minimum Gasteiger partial charge on any atom is -0.497 e. The van der Waals surface area contributed by atoms with Crippen molar-refractivity contribution in [3.8, 4) is 11.5 Å². The largest absolute Gasteiger partial charge is 0.497 e. The molecule has 8 heteroatoms. The van der Waals surface area contributed by atoms with Gasteiger partial charge in [0.05, 0.1) is 24.8 Å². The summed E-state index contributed by atoms with van der Waals surface area (Å²) in [5.41, 5.74) is 1.21. The fraction of sp³-hybridized carbons (Fsp3) is 0.211. The number of hydrogen-bond donors (Lipinski definition) is 2. The zero-order valence-electron chi connectivity index (χ0n) is 15.4. The lowest BCUT2D eigenvalue weighted by Gasteiger charge is -2.10. The Morgan fingerprint density at radius 1 is 1.07 bits per heavy atom. The van der Waals surface area contributed by atoms with Crippen LogP contribution in [0.2, 0.25) is 0 Å². The number of ether oxygens (including phenoxy) is 2. The molecule has 2 N–H and O–H groups in total. The van der Waals surface area contributed by atoms with Gasteiger partial charge in [0.2, 0.25) is 15.9 Å². The van der Waals surface area contributed by atoms with E-state index in [0.717, 1.165) is 0 Å². The zero-order chi connectivity index (χ0) is 19.9. The first-order chi connectivity index (χ1) is 12.9. The van der Waals surface area contributed by atoms with Crippen LogP contribution in [0.5, 0.6) is 11.5 Å². The van der Waals surface area contributed by atoms with Gasteiger partial charge in [0, 0.05) is 18.7 Å². The second kappa shape index (κ2) is 9.20. The summed E-state index contributed by atoms with van der Waals surface area (Å²) in [7, 11) is -0.441. The average molecular weight is 390 g/mol. The van der Waals surface area contributed by atoms with E-state index < -0.39 is 10.0 Å². The Bertz CT molecular complexity index is 922. The lowest BCUT2D eigenvalue weighted by atomic mass is 10.2. The van der Waals surface area contributed by atoms with Gasteiger partial charge in [0.1, 0.15) is 11.5 Å². The third kappa shape index (κ3) is 5.57. The Morgan fingerprint density at radius 2 is 1.78 bits per heavy atom. The Balaban J connectivity index is 2.07. The molecule has 0 aliphatic heterocycles. The molecule has 0 aromatic heterocycles. The predicted molar refractivity (Wildman–Crippen MR) is 105 cm³/mol. The summed E-state index contributed by atoms with van der Waals surface area (Å²) in [6.07, 6.45) is 2.95. The fourth-order valence-electron chi connectivity index (χ4n) is 2.28. The maximum Gasteiger partial charge on any atom is 0.248 e. The van der Waals surface area contributed by atoms with Crippen LogP contribution in [0.15, 0.2) is 53.4 Å². The molecule has 0 unspecified atom stereocenters. The van der Waals surface area contributed by atoms with Crippen LogP contribution < -0.4 is 19.5 Å². The van der Waals surface area contributed by atoms with Gasteiger partial charge in [0.15, 0.2) is 0 Å². The van der Waals surface area contributed by atoms with Gasteiger partial charge in [-0.2, -0.15) is 0 Å². The molecule has 0 heterocycles. The Labute approximate surface area is 159 Å². The summed E-state index contributed by atoms with van der Waals surface area (Å²) in [6.45, 7) is 2.03. The molecule has 0 atom stereocenters. The molecule has 0 aliphatic carbocycles. The molecule has 0 aliphatic rings. The highest BCUT2D eigenvalue weighted by molar-refractivity contribution is 7.89. The summed E-state index contributed by atoms with van der Waals surface area (Å²) < 4.78 is 36.6. The van der Waals surface area contributed by atoms with Gasteiger partial charge in [0.25, 0.3) is 0 Å². The van der Waals surface area contributed by atoms with Crippen molar-refractivity contribution in [2.75, 3.05) is 26.1 Å². The molecule has 0 spiro atoms. The second-order valence-corrected chi connectivity index (χ2v) is 7.23. The summed E-state index contributed by atoms with van der Waals surface area (Å²) in [6, 6.07) is 11.3. The van der Waals surface area contributed by atoms with Crippen LogP contribution >= 0.6 is 0 Å². The third-order valence-electron chi connectivity index (χ3n) is 3.62. The Morgan fingerprint density at radius 3 is 2.37 bits per heavy atom. The molecule has 0 fully saturated rings. The molecule has 0 saturated carbocycles. The highest BCUT2D eigenvalue weighted by Crippen LogP contribution is 2.29. The van der Waals surface area contributed by atoms with E-state index in [1.165, 1.54) is 25.3 Å². The number of anilines is 1. The van der Waals surface area contributed by atoms with E-state index >= 15 is 0 Å². The molecule has 7 nitrogen and oxygen atoms in total. The van der Waals surface area contributed by atoms with E-state index in [1.807, 2.05) is 0 Å². The van der Waals surface area contributed by atoms with Gasteiger partial charge in [-0.05, 0) is 35.9 Å². The van der Waals surface area contributed by atoms with Crippen LogP contribution in [-0.4, -0.2) is 35.1 Å². The number of amides is 1. The van der Waals surface area contributed by atoms with Crippen LogP contribution in [0.25, 0.3) is 6.08 Å². The lowest BCUT2D eigenvalue weighted by Crippen LogP contribution is -2.22. The van der Waals surface area contributed by atoms with Crippen molar-refractivity contribution in [1.82, 2.24) is 4.72 Å². The fourth-order valence-corrected chi connectivity index (χ4v) is 3.32. The minimum absolute atomic E-state index is 0.175. The summed E-state index contributed by atoms with van der Waals surface area (Å²) in [5, 5.41) is 2.72. The quantitative estimate of drug-likeness (QED) is 0.676. The van der Waals surface area contributed by atoms with Crippen molar-refractivity contribution in [2.45, 2.75) is 11.8 Å². The van der Waals surface area contributed by atoms with Crippen molar-refractivity contribution in [3.05, 3.63) is 54.1 Å². The van der Waals surface area contributed by atoms with Crippen molar-refractivity contribution in [2.24, 2.45) is 0 Å². The summed E-state index contributed by atoms with van der Waals surface area (Å²) >= 11 is 0. The highest BCUT2D eigenvalue weighted by Gasteiger charge is 2.11. The first-order valence-electron chi connectivity index (χ1n) is 8.20. The monoisotopic (exact) mass is 390 g/mol. The molecular formula is C19H22N2O5S. The van der Waals surface area contributed by atoms with Crippen molar-refractivity contribution in [3.63, 3.8) is 0 Å². The second-order valence-electron chi connectivity index (χ2n) is 5.46. The molecule has 27 heavy (non-hydrogen) atoms. The summed E-state index contributed by atoms with van der Waals surface area (Å²) in [4.78, 5) is 12.3. The van der Waals surface area contributed by atoms with Crippen molar-refractivity contribution in [1.29, 1.82) is 0 Å². The number of carbonyl (C=O) groups is 1. The van der Waals surface area contributed by atoms with E-state index in [9.17, 15) is 13.2 Å². The SMILES string of the molecule is CCNS(=O)(=O)c1ccc(/C=C/C(=O)Nc2ccc(OC)cc2OC)cc1. The van der Waals surface area contributed by atoms with Gasteiger partial charge < -0.3 is 14.8 Å². The van der Waals surface area contributed by atoms with Crippen LogP contribution in [0.4, 0.5) is 5.69 Å². The third-order valence-corrected chi connectivity index (χ3v) is 5.18. The smallest absolute Gasteiger partial charge is 0.248 e. The van der Waals surface area contributed by atoms with E-state index in [0.29, 0.717) is 29.3 Å². The predicted octanol–water partition coefficient (Wildman–Crippen LogP) is 2.65. The number of sulfonamides is 1. The van der Waals surface area contributed by atoms with Crippen LogP contribution in [0, 0.1) is 0 Å². The molecule has 0 bridgehead atoms. The number of hydrogen-bond acceptors (Lipinski definition) is 5. The van der Waals surface area contributed by atoms with Gasteiger partial charge >= 0.3 is 0 Å². The topological polar surface area (TPSA) is 93.7 Å². The first kappa shape index (κ1) is 20.5. The van der Waals surface area contributed by atoms with Crippen LogP contribution in [0.3, 0.4) is 0 Å². The molecule has 0 saturated heterocycles. The van der Waals surface area contributed by atoms with Crippen LogP contribution in [0.1, 0.15) is 12.5 Å². The molecule has 2 aromatic rings. The molecule has 2 rings (SSSR count). The van der Waals surface area contributed by atoms with Crippen LogP contribution in [-0.2, 0) is 14.8 Å². The molecular weight excluding hydrogens is 368 g/mol. The minimum atomic E-state index is -3.49. The molecule has 1 amide bonds. The van der Waals surface area contributed by atoms with Crippen molar-refractivity contribution < 1.29 is 22.7 Å². The Kier molecular flexibility index (Phi) is 6.98.